The first-order valence-corrected chi connectivity index (χ1v) is 11.3. The summed E-state index contributed by atoms with van der Waals surface area (Å²) in [5.41, 5.74) is 12.2. The average Bonchev–Trinajstić information content (AvgIpc) is 2.79. The normalized spacial score (nSPS) is 14.1. The van der Waals surface area contributed by atoms with Crippen molar-refractivity contribution in [3.05, 3.63) is 65.2 Å². The van der Waals surface area contributed by atoms with Gasteiger partial charge >= 0.3 is 0 Å². The van der Waals surface area contributed by atoms with Gasteiger partial charge in [0.2, 0.25) is 11.8 Å². The lowest BCUT2D eigenvalue weighted by Crippen LogP contribution is -2.50. The number of phenolic OH excluding ortho intramolecular Hbond substituents is 1. The van der Waals surface area contributed by atoms with Crippen LogP contribution in [-0.4, -0.2) is 53.3 Å². The number of halogens is 2. The maximum Gasteiger partial charge on any atom is 0.250 e. The number of aliphatic hydroxyl groups excluding tert-OH is 1. The van der Waals surface area contributed by atoms with E-state index in [1.165, 1.54) is 12.1 Å². The Morgan fingerprint density at radius 2 is 1.63 bits per heavy atom. The fourth-order valence-corrected chi connectivity index (χ4v) is 3.41. The number of hydrogen-bond donors (Lipinski definition) is 6. The van der Waals surface area contributed by atoms with Crippen molar-refractivity contribution in [3.63, 3.8) is 0 Å². The second kappa shape index (κ2) is 12.6. The minimum absolute atomic E-state index is 0.0127. The number of rotatable bonds is 12. The summed E-state index contributed by atoms with van der Waals surface area (Å²) in [5.74, 6) is -2.03. The molecule has 10 heteroatoms. The fourth-order valence-electron chi connectivity index (χ4n) is 3.41. The summed E-state index contributed by atoms with van der Waals surface area (Å²) in [7, 11) is 0. The van der Waals surface area contributed by atoms with Gasteiger partial charge in [0.05, 0.1) is 0 Å². The molecule has 0 aliphatic carbocycles. The topological polar surface area (TPSA) is 151 Å². The number of aliphatic hydroxyl groups is 1. The van der Waals surface area contributed by atoms with E-state index in [1.807, 2.05) is 13.8 Å². The third-order valence-electron chi connectivity index (χ3n) is 5.52. The van der Waals surface area contributed by atoms with Crippen molar-refractivity contribution >= 4 is 11.8 Å². The predicted molar refractivity (Wildman–Crippen MR) is 128 cm³/mol. The van der Waals surface area contributed by atoms with E-state index in [-0.39, 0.29) is 49.6 Å². The molecule has 0 heterocycles. The summed E-state index contributed by atoms with van der Waals surface area (Å²) in [6.45, 7) is 4.01. The monoisotopic (exact) mass is 492 g/mol. The molecule has 0 aliphatic rings. The zero-order valence-corrected chi connectivity index (χ0v) is 19.9. The van der Waals surface area contributed by atoms with Gasteiger partial charge in [0.25, 0.3) is 0 Å². The summed E-state index contributed by atoms with van der Waals surface area (Å²) in [4.78, 5) is 24.6. The van der Waals surface area contributed by atoms with Gasteiger partial charge in [0, 0.05) is 31.6 Å². The highest BCUT2D eigenvalue weighted by Gasteiger charge is 2.26. The van der Waals surface area contributed by atoms with E-state index in [4.69, 9.17) is 11.5 Å². The molecule has 8 N–H and O–H groups in total. The number of nitrogens with one attached hydrogen (secondary N) is 2. The van der Waals surface area contributed by atoms with Crippen LogP contribution in [0.4, 0.5) is 8.78 Å². The Morgan fingerprint density at radius 3 is 2.29 bits per heavy atom. The van der Waals surface area contributed by atoms with Gasteiger partial charge in [-0.2, -0.15) is 0 Å². The molecule has 0 spiro atoms. The number of carbonyl (C=O) groups is 2. The number of hydrogen-bond acceptors (Lipinski definition) is 6. The number of carbonyl (C=O) groups excluding carboxylic acids is 2. The Bertz CT molecular complexity index is 1000. The average molecular weight is 493 g/mol. The molecule has 3 atom stereocenters. The first kappa shape index (κ1) is 28.2. The Balaban J connectivity index is 1.75. The number of amides is 2. The SMILES string of the molecule is CC(C)(CNC(=O)CC(N)Cc1cc(F)ccc1F)CNC(=O)[C@@H](O)[C@H](N)Cc1ccc(O)cc1. The number of benzene rings is 2. The van der Waals surface area contributed by atoms with E-state index in [1.54, 1.807) is 12.1 Å². The first-order chi connectivity index (χ1) is 16.4. The van der Waals surface area contributed by atoms with Crippen LogP contribution in [0.15, 0.2) is 42.5 Å². The van der Waals surface area contributed by atoms with E-state index >= 15 is 0 Å². The van der Waals surface area contributed by atoms with Crippen molar-refractivity contribution in [2.45, 2.75) is 51.3 Å². The van der Waals surface area contributed by atoms with Crippen molar-refractivity contribution < 1.29 is 28.6 Å². The van der Waals surface area contributed by atoms with Crippen LogP contribution in [0.3, 0.4) is 0 Å². The van der Waals surface area contributed by atoms with Crippen molar-refractivity contribution in [2.75, 3.05) is 13.1 Å². The first-order valence-electron chi connectivity index (χ1n) is 11.3. The molecule has 2 aromatic rings. The molecule has 0 bridgehead atoms. The van der Waals surface area contributed by atoms with Crippen LogP contribution < -0.4 is 22.1 Å². The number of aromatic hydroxyl groups is 1. The molecule has 0 aliphatic heterocycles. The standard InChI is InChI=1S/C25H34F2N4O4/c1-25(2,13-30-22(33)12-18(28)11-16-10-17(26)5-8-20(16)27)14-31-24(35)23(34)21(29)9-15-3-6-19(32)7-4-15/h3-8,10,18,21,23,32,34H,9,11-14,28-29H2,1-2H3,(H,30,33)(H,31,35)/t18?,21-,23+/m1/s1. The smallest absolute Gasteiger partial charge is 0.250 e. The number of nitrogens with two attached hydrogens (primary N) is 2. The van der Waals surface area contributed by atoms with E-state index in [0.29, 0.717) is 0 Å². The molecule has 0 fully saturated rings. The van der Waals surface area contributed by atoms with Crippen molar-refractivity contribution in [3.8, 4) is 5.75 Å². The lowest BCUT2D eigenvalue weighted by Gasteiger charge is -2.27. The van der Waals surface area contributed by atoms with Crippen LogP contribution in [0.2, 0.25) is 0 Å². The minimum atomic E-state index is -1.43. The third-order valence-corrected chi connectivity index (χ3v) is 5.52. The molecule has 192 valence electrons. The second-order valence-electron chi connectivity index (χ2n) is 9.54. The molecule has 0 aromatic heterocycles. The molecule has 1 unspecified atom stereocenters. The van der Waals surface area contributed by atoms with Crippen LogP contribution >= 0.6 is 0 Å². The highest BCUT2D eigenvalue weighted by Crippen LogP contribution is 2.15. The fraction of sp³-hybridized carbons (Fsp3) is 0.440. The lowest BCUT2D eigenvalue weighted by molar-refractivity contribution is -0.130. The van der Waals surface area contributed by atoms with Crippen molar-refractivity contribution in [1.82, 2.24) is 10.6 Å². The quantitative estimate of drug-likeness (QED) is 0.261. The summed E-state index contributed by atoms with van der Waals surface area (Å²) in [5, 5.41) is 25.0. The molecule has 0 radical (unpaired) electrons. The molecule has 8 nitrogen and oxygen atoms in total. The number of phenols is 1. The van der Waals surface area contributed by atoms with Gasteiger partial charge in [-0.05, 0) is 59.7 Å². The molecular formula is C25H34F2N4O4. The molecule has 2 rings (SSSR count). The zero-order chi connectivity index (χ0) is 26.2. The minimum Gasteiger partial charge on any atom is -0.508 e. The Morgan fingerprint density at radius 1 is 1.00 bits per heavy atom. The van der Waals surface area contributed by atoms with Gasteiger partial charge in [0.1, 0.15) is 23.5 Å². The summed E-state index contributed by atoms with van der Waals surface area (Å²) in [6.07, 6.45) is -1.26. The third kappa shape index (κ3) is 9.59. The highest BCUT2D eigenvalue weighted by atomic mass is 19.1. The summed E-state index contributed by atoms with van der Waals surface area (Å²) < 4.78 is 27.1. The largest absolute Gasteiger partial charge is 0.508 e. The Labute approximate surface area is 203 Å². The van der Waals surface area contributed by atoms with E-state index in [9.17, 15) is 28.6 Å². The van der Waals surface area contributed by atoms with Gasteiger partial charge in [-0.25, -0.2) is 8.78 Å². The maximum atomic E-state index is 13.8. The molecule has 0 saturated heterocycles. The van der Waals surface area contributed by atoms with Gasteiger partial charge in [0.15, 0.2) is 0 Å². The maximum absolute atomic E-state index is 13.8. The summed E-state index contributed by atoms with van der Waals surface area (Å²) in [6, 6.07) is 7.87. The zero-order valence-electron chi connectivity index (χ0n) is 19.9. The van der Waals surface area contributed by atoms with Gasteiger partial charge in [-0.1, -0.05) is 26.0 Å². The van der Waals surface area contributed by atoms with E-state index in [0.717, 1.165) is 23.8 Å². The van der Waals surface area contributed by atoms with Crippen molar-refractivity contribution in [2.24, 2.45) is 16.9 Å². The van der Waals surface area contributed by atoms with Gasteiger partial charge in [-0.3, -0.25) is 9.59 Å². The molecule has 2 aromatic carbocycles. The summed E-state index contributed by atoms with van der Waals surface area (Å²) >= 11 is 0. The van der Waals surface area contributed by atoms with Crippen LogP contribution in [0.5, 0.6) is 5.75 Å². The van der Waals surface area contributed by atoms with Crippen LogP contribution in [-0.2, 0) is 22.4 Å². The van der Waals surface area contributed by atoms with Crippen LogP contribution in [0.25, 0.3) is 0 Å². The van der Waals surface area contributed by atoms with Crippen molar-refractivity contribution in [1.29, 1.82) is 0 Å². The molecule has 35 heavy (non-hydrogen) atoms. The Hall–Kier alpha value is -3.08. The highest BCUT2D eigenvalue weighted by molar-refractivity contribution is 5.81. The molecule has 0 saturated carbocycles. The Kier molecular flexibility index (Phi) is 10.1. The second-order valence-corrected chi connectivity index (χ2v) is 9.54. The van der Waals surface area contributed by atoms with E-state index in [2.05, 4.69) is 10.6 Å². The van der Waals surface area contributed by atoms with E-state index < -0.39 is 41.1 Å². The molecular weight excluding hydrogens is 458 g/mol. The predicted octanol–water partition coefficient (Wildman–Crippen LogP) is 1.12. The van der Waals surface area contributed by atoms with Crippen LogP contribution in [0, 0.1) is 17.0 Å². The van der Waals surface area contributed by atoms with Crippen LogP contribution in [0.1, 0.15) is 31.4 Å². The molecule has 2 amide bonds. The lowest BCUT2D eigenvalue weighted by atomic mass is 9.92. The van der Waals surface area contributed by atoms with Gasteiger partial charge in [-0.15, -0.1) is 0 Å². The van der Waals surface area contributed by atoms with Gasteiger partial charge < -0.3 is 32.3 Å².